The van der Waals surface area contributed by atoms with E-state index in [0.717, 1.165) is 11.4 Å². The third kappa shape index (κ3) is 4.57. The summed E-state index contributed by atoms with van der Waals surface area (Å²) in [5.41, 5.74) is 2.70. The Labute approximate surface area is 162 Å². The van der Waals surface area contributed by atoms with Gasteiger partial charge in [0.2, 0.25) is 0 Å². The Bertz CT molecular complexity index is 962. The molecule has 1 amide bonds. The second kappa shape index (κ2) is 8.24. The molecule has 0 bridgehead atoms. The van der Waals surface area contributed by atoms with Crippen LogP contribution in [0, 0.1) is 26.6 Å². The molecular formula is C20H23FN4O3. The molecule has 0 aliphatic heterocycles. The summed E-state index contributed by atoms with van der Waals surface area (Å²) in [6, 6.07) is 7.49. The van der Waals surface area contributed by atoms with Crippen molar-refractivity contribution in [1.29, 1.82) is 0 Å². The monoisotopic (exact) mass is 386 g/mol. The number of ether oxygens (including phenoxy) is 1. The highest BCUT2D eigenvalue weighted by atomic mass is 19.1. The van der Waals surface area contributed by atoms with E-state index in [1.54, 1.807) is 6.92 Å². The predicted octanol–water partition coefficient (Wildman–Crippen LogP) is 3.33. The van der Waals surface area contributed by atoms with Gasteiger partial charge in [0.05, 0.1) is 17.8 Å². The van der Waals surface area contributed by atoms with Crippen molar-refractivity contribution in [2.75, 3.05) is 0 Å². The molecule has 7 nitrogen and oxygen atoms in total. The summed E-state index contributed by atoms with van der Waals surface area (Å²) >= 11 is 0. The molecule has 0 aliphatic rings. The van der Waals surface area contributed by atoms with Gasteiger partial charge in [0, 0.05) is 11.7 Å². The molecule has 28 heavy (non-hydrogen) atoms. The number of nitrogens with one attached hydrogen (secondary N) is 1. The van der Waals surface area contributed by atoms with Crippen LogP contribution in [0.5, 0.6) is 5.75 Å². The highest BCUT2D eigenvalue weighted by Crippen LogP contribution is 2.18. The summed E-state index contributed by atoms with van der Waals surface area (Å²) in [7, 11) is 0. The van der Waals surface area contributed by atoms with Crippen LogP contribution in [-0.2, 0) is 13.2 Å². The van der Waals surface area contributed by atoms with Crippen LogP contribution in [0.1, 0.15) is 40.1 Å². The Balaban J connectivity index is 1.65. The Morgan fingerprint density at radius 3 is 2.64 bits per heavy atom. The third-order valence-corrected chi connectivity index (χ3v) is 4.32. The molecule has 1 unspecified atom stereocenters. The first kappa shape index (κ1) is 19.6. The van der Waals surface area contributed by atoms with Crippen molar-refractivity contribution in [1.82, 2.24) is 20.3 Å². The number of aromatic nitrogens is 3. The van der Waals surface area contributed by atoms with Crippen molar-refractivity contribution < 1.29 is 18.4 Å². The average Bonchev–Trinajstić information content (AvgIpc) is 3.16. The smallest absolute Gasteiger partial charge is 0.274 e. The number of halogens is 1. The van der Waals surface area contributed by atoms with E-state index in [9.17, 15) is 9.18 Å². The summed E-state index contributed by atoms with van der Waals surface area (Å²) in [6.07, 6.45) is 0. The standard InChI is InChI=1S/C20H23FN4O3/c1-12-9-14(3)25(23-12)10-13(2)22-20(26)19-18(15(4)28-24-19)11-27-17-7-5-16(21)6-8-17/h5-9,13H,10-11H2,1-4H3,(H,22,26). The normalized spacial score (nSPS) is 12.0. The largest absolute Gasteiger partial charge is 0.489 e. The van der Waals surface area contributed by atoms with E-state index in [-0.39, 0.29) is 30.1 Å². The van der Waals surface area contributed by atoms with Crippen LogP contribution in [0.15, 0.2) is 34.9 Å². The lowest BCUT2D eigenvalue weighted by Crippen LogP contribution is -2.36. The van der Waals surface area contributed by atoms with E-state index in [1.807, 2.05) is 31.5 Å². The molecule has 148 valence electrons. The molecule has 0 aliphatic carbocycles. The minimum absolute atomic E-state index is 0.0928. The second-order valence-corrected chi connectivity index (χ2v) is 6.79. The summed E-state index contributed by atoms with van der Waals surface area (Å²) < 4.78 is 25.7. The fourth-order valence-corrected chi connectivity index (χ4v) is 2.88. The van der Waals surface area contributed by atoms with Crippen molar-refractivity contribution in [3.05, 3.63) is 64.6 Å². The molecule has 0 saturated carbocycles. The summed E-state index contributed by atoms with van der Waals surface area (Å²) in [5, 5.41) is 11.2. The van der Waals surface area contributed by atoms with Crippen molar-refractivity contribution in [3.8, 4) is 5.75 Å². The zero-order valence-corrected chi connectivity index (χ0v) is 16.3. The quantitative estimate of drug-likeness (QED) is 0.673. The van der Waals surface area contributed by atoms with Gasteiger partial charge in [-0.15, -0.1) is 0 Å². The Hall–Kier alpha value is -3.16. The van der Waals surface area contributed by atoms with Crippen LogP contribution >= 0.6 is 0 Å². The molecule has 3 aromatic rings. The Morgan fingerprint density at radius 2 is 2.00 bits per heavy atom. The first-order valence-corrected chi connectivity index (χ1v) is 8.99. The maximum atomic E-state index is 13.0. The number of hydrogen-bond acceptors (Lipinski definition) is 5. The molecule has 1 atom stereocenters. The minimum Gasteiger partial charge on any atom is -0.489 e. The van der Waals surface area contributed by atoms with Gasteiger partial charge in [-0.05, 0) is 58.0 Å². The zero-order valence-electron chi connectivity index (χ0n) is 16.3. The lowest BCUT2D eigenvalue weighted by Gasteiger charge is -2.15. The summed E-state index contributed by atoms with van der Waals surface area (Å²) in [5.74, 6) is 0.304. The van der Waals surface area contributed by atoms with Gasteiger partial charge in [-0.2, -0.15) is 5.10 Å². The Morgan fingerprint density at radius 1 is 1.29 bits per heavy atom. The van der Waals surface area contributed by atoms with E-state index < -0.39 is 0 Å². The molecule has 0 spiro atoms. The molecule has 0 saturated heterocycles. The van der Waals surface area contributed by atoms with Crippen molar-refractivity contribution in [2.45, 2.75) is 46.9 Å². The van der Waals surface area contributed by atoms with Gasteiger partial charge in [-0.1, -0.05) is 5.16 Å². The zero-order chi connectivity index (χ0) is 20.3. The molecule has 1 N–H and O–H groups in total. The van der Waals surface area contributed by atoms with Crippen molar-refractivity contribution in [3.63, 3.8) is 0 Å². The molecular weight excluding hydrogens is 363 g/mol. The van der Waals surface area contributed by atoms with Crippen LogP contribution in [0.3, 0.4) is 0 Å². The van der Waals surface area contributed by atoms with E-state index >= 15 is 0 Å². The lowest BCUT2D eigenvalue weighted by molar-refractivity contribution is 0.0924. The fraction of sp³-hybridized carbons (Fsp3) is 0.350. The highest BCUT2D eigenvalue weighted by molar-refractivity contribution is 5.93. The molecule has 8 heteroatoms. The van der Waals surface area contributed by atoms with Gasteiger partial charge in [0.1, 0.15) is 23.9 Å². The SMILES string of the molecule is Cc1cc(C)n(CC(C)NC(=O)c2noc(C)c2COc2ccc(F)cc2)n1. The fourth-order valence-electron chi connectivity index (χ4n) is 2.88. The second-order valence-electron chi connectivity index (χ2n) is 6.79. The van der Waals surface area contributed by atoms with Crippen LogP contribution in [0.4, 0.5) is 4.39 Å². The number of rotatable bonds is 7. The van der Waals surface area contributed by atoms with Crippen LogP contribution < -0.4 is 10.1 Å². The van der Waals surface area contributed by atoms with E-state index in [0.29, 0.717) is 23.6 Å². The highest BCUT2D eigenvalue weighted by Gasteiger charge is 2.22. The van der Waals surface area contributed by atoms with Crippen LogP contribution in [-0.4, -0.2) is 26.9 Å². The van der Waals surface area contributed by atoms with Crippen molar-refractivity contribution >= 4 is 5.91 Å². The molecule has 3 rings (SSSR count). The minimum atomic E-state index is -0.344. The topological polar surface area (TPSA) is 82.2 Å². The maximum absolute atomic E-state index is 13.0. The lowest BCUT2D eigenvalue weighted by atomic mass is 10.2. The van der Waals surface area contributed by atoms with Crippen molar-refractivity contribution in [2.24, 2.45) is 0 Å². The van der Waals surface area contributed by atoms with E-state index in [4.69, 9.17) is 9.26 Å². The Kier molecular flexibility index (Phi) is 5.77. The van der Waals surface area contributed by atoms with Gasteiger partial charge in [-0.25, -0.2) is 4.39 Å². The van der Waals surface area contributed by atoms with Gasteiger partial charge >= 0.3 is 0 Å². The number of amides is 1. The molecule has 1 aromatic carbocycles. The average molecular weight is 386 g/mol. The van der Waals surface area contributed by atoms with Crippen LogP contribution in [0.2, 0.25) is 0 Å². The predicted molar refractivity (Wildman–Crippen MR) is 101 cm³/mol. The number of aryl methyl sites for hydroxylation is 3. The number of hydrogen-bond donors (Lipinski definition) is 1. The number of carbonyl (C=O) groups is 1. The maximum Gasteiger partial charge on any atom is 0.274 e. The van der Waals surface area contributed by atoms with Gasteiger partial charge in [0.15, 0.2) is 5.69 Å². The molecule has 2 heterocycles. The van der Waals surface area contributed by atoms with Gasteiger partial charge in [-0.3, -0.25) is 9.48 Å². The van der Waals surface area contributed by atoms with E-state index in [1.165, 1.54) is 24.3 Å². The first-order valence-electron chi connectivity index (χ1n) is 8.99. The summed E-state index contributed by atoms with van der Waals surface area (Å²) in [4.78, 5) is 12.7. The number of carbonyl (C=O) groups excluding carboxylic acids is 1. The summed E-state index contributed by atoms with van der Waals surface area (Å²) in [6.45, 7) is 8.15. The molecule has 0 radical (unpaired) electrons. The van der Waals surface area contributed by atoms with Gasteiger partial charge in [0.25, 0.3) is 5.91 Å². The molecule has 2 aromatic heterocycles. The third-order valence-electron chi connectivity index (χ3n) is 4.32. The number of benzene rings is 1. The van der Waals surface area contributed by atoms with Crippen LogP contribution in [0.25, 0.3) is 0 Å². The van der Waals surface area contributed by atoms with E-state index in [2.05, 4.69) is 15.6 Å². The first-order chi connectivity index (χ1) is 13.3. The number of nitrogens with zero attached hydrogens (tertiary/aromatic N) is 3. The molecule has 0 fully saturated rings. The van der Waals surface area contributed by atoms with Gasteiger partial charge < -0.3 is 14.6 Å².